The Balaban J connectivity index is 3.01. The van der Waals surface area contributed by atoms with Crippen LogP contribution < -0.4 is 0 Å². The van der Waals surface area contributed by atoms with Gasteiger partial charge in [-0.2, -0.15) is 0 Å². The van der Waals surface area contributed by atoms with Crippen LogP contribution >= 0.6 is 0 Å². The summed E-state index contributed by atoms with van der Waals surface area (Å²) in [7, 11) is 0. The van der Waals surface area contributed by atoms with Crippen LogP contribution in [0.4, 0.5) is 0 Å². The van der Waals surface area contributed by atoms with Gasteiger partial charge in [-0.3, -0.25) is 0 Å². The molecule has 0 nitrogen and oxygen atoms in total. The lowest BCUT2D eigenvalue weighted by molar-refractivity contribution is 0.585. The minimum Gasteiger partial charge on any atom is -0.0999 e. The predicted molar refractivity (Wildman–Crippen MR) is 66.7 cm³/mol. The molecule has 0 saturated carbocycles. The van der Waals surface area contributed by atoms with Crippen molar-refractivity contribution in [2.24, 2.45) is 0 Å². The van der Waals surface area contributed by atoms with E-state index in [9.17, 15) is 0 Å². The zero-order chi connectivity index (χ0) is 10.6. The van der Waals surface area contributed by atoms with E-state index in [0.717, 1.165) is 0 Å². The van der Waals surface area contributed by atoms with Crippen LogP contribution in [0.2, 0.25) is 0 Å². The average molecular weight is 196 g/mol. The zero-order valence-corrected chi connectivity index (χ0v) is 10.3. The first-order valence-corrected chi connectivity index (χ1v) is 6.47. The lowest BCUT2D eigenvalue weighted by Crippen LogP contribution is -1.83. The SMILES string of the molecule is C=C(CCC)CCCCCCCCC. The molecular weight excluding hydrogens is 168 g/mol. The summed E-state index contributed by atoms with van der Waals surface area (Å²) >= 11 is 0. The molecule has 0 saturated heterocycles. The Kier molecular flexibility index (Phi) is 10.6. The van der Waals surface area contributed by atoms with Crippen LogP contribution in [-0.4, -0.2) is 0 Å². The molecule has 0 fully saturated rings. The number of hydrogen-bond acceptors (Lipinski definition) is 0. The summed E-state index contributed by atoms with van der Waals surface area (Å²) in [6.07, 6.45) is 13.6. The van der Waals surface area contributed by atoms with Gasteiger partial charge < -0.3 is 0 Å². The van der Waals surface area contributed by atoms with E-state index < -0.39 is 0 Å². The van der Waals surface area contributed by atoms with Crippen molar-refractivity contribution in [2.45, 2.75) is 78.1 Å². The van der Waals surface area contributed by atoms with E-state index in [1.165, 1.54) is 69.8 Å². The highest BCUT2D eigenvalue weighted by Gasteiger charge is 1.94. The van der Waals surface area contributed by atoms with Gasteiger partial charge in [0.05, 0.1) is 0 Å². The lowest BCUT2D eigenvalue weighted by atomic mass is 10.0. The molecule has 0 atom stereocenters. The average Bonchev–Trinajstić information content (AvgIpc) is 2.17. The Morgan fingerprint density at radius 2 is 1.29 bits per heavy atom. The van der Waals surface area contributed by atoms with Crippen LogP contribution in [0.3, 0.4) is 0 Å². The smallest absolute Gasteiger partial charge is 0.0323 e. The molecule has 0 aliphatic heterocycles. The van der Waals surface area contributed by atoms with Crippen LogP contribution in [-0.2, 0) is 0 Å². The number of allylic oxidation sites excluding steroid dienone is 1. The molecule has 0 N–H and O–H groups in total. The lowest BCUT2D eigenvalue weighted by Gasteiger charge is -2.03. The fraction of sp³-hybridized carbons (Fsp3) is 0.857. The van der Waals surface area contributed by atoms with E-state index in [1.54, 1.807) is 0 Å². The minimum atomic E-state index is 1.23. The van der Waals surface area contributed by atoms with E-state index in [2.05, 4.69) is 20.4 Å². The van der Waals surface area contributed by atoms with Crippen LogP contribution in [0.25, 0.3) is 0 Å². The van der Waals surface area contributed by atoms with Crippen molar-refractivity contribution >= 4 is 0 Å². The maximum atomic E-state index is 4.09. The Morgan fingerprint density at radius 1 is 0.714 bits per heavy atom. The van der Waals surface area contributed by atoms with Crippen LogP contribution in [0, 0.1) is 0 Å². The number of unbranched alkanes of at least 4 members (excludes halogenated alkanes) is 6. The third kappa shape index (κ3) is 9.83. The molecule has 0 rings (SSSR count). The Bertz CT molecular complexity index is 124. The summed E-state index contributed by atoms with van der Waals surface area (Å²) in [6, 6.07) is 0. The first-order valence-electron chi connectivity index (χ1n) is 6.47. The van der Waals surface area contributed by atoms with Crippen molar-refractivity contribution in [3.8, 4) is 0 Å². The minimum absolute atomic E-state index is 1.23. The Morgan fingerprint density at radius 3 is 1.86 bits per heavy atom. The van der Waals surface area contributed by atoms with Crippen molar-refractivity contribution in [3.05, 3.63) is 12.2 Å². The quantitative estimate of drug-likeness (QED) is 0.320. The maximum Gasteiger partial charge on any atom is -0.0323 e. The van der Waals surface area contributed by atoms with Gasteiger partial charge in [-0.05, 0) is 19.3 Å². The van der Waals surface area contributed by atoms with Crippen molar-refractivity contribution in [2.75, 3.05) is 0 Å². The second kappa shape index (κ2) is 10.8. The molecule has 0 aromatic rings. The second-order valence-electron chi connectivity index (χ2n) is 4.37. The molecule has 0 spiro atoms. The number of hydrogen-bond donors (Lipinski definition) is 0. The zero-order valence-electron chi connectivity index (χ0n) is 10.3. The molecule has 0 radical (unpaired) electrons. The van der Waals surface area contributed by atoms with E-state index in [0.29, 0.717) is 0 Å². The first kappa shape index (κ1) is 13.7. The van der Waals surface area contributed by atoms with Gasteiger partial charge in [0.15, 0.2) is 0 Å². The molecular formula is C14H28. The molecule has 0 aliphatic rings. The van der Waals surface area contributed by atoms with E-state index in [4.69, 9.17) is 0 Å². The fourth-order valence-electron chi connectivity index (χ4n) is 1.81. The standard InChI is InChI=1S/C14H28/c1-4-6-7-8-9-10-11-13-14(3)12-5-2/h3-13H2,1-2H3. The van der Waals surface area contributed by atoms with Crippen molar-refractivity contribution in [1.29, 1.82) is 0 Å². The van der Waals surface area contributed by atoms with Crippen molar-refractivity contribution < 1.29 is 0 Å². The summed E-state index contributed by atoms with van der Waals surface area (Å²) in [4.78, 5) is 0. The van der Waals surface area contributed by atoms with Gasteiger partial charge >= 0.3 is 0 Å². The molecule has 0 heteroatoms. The molecule has 84 valence electrons. The van der Waals surface area contributed by atoms with Gasteiger partial charge in [-0.15, -0.1) is 0 Å². The summed E-state index contributed by atoms with van der Waals surface area (Å²) < 4.78 is 0. The van der Waals surface area contributed by atoms with Crippen LogP contribution in [0.1, 0.15) is 78.1 Å². The Labute approximate surface area is 90.8 Å². The van der Waals surface area contributed by atoms with Gasteiger partial charge in [-0.25, -0.2) is 0 Å². The Hall–Kier alpha value is -0.260. The molecule has 0 heterocycles. The van der Waals surface area contributed by atoms with Gasteiger partial charge in [0, 0.05) is 0 Å². The van der Waals surface area contributed by atoms with Crippen LogP contribution in [0.15, 0.2) is 12.2 Å². The van der Waals surface area contributed by atoms with Gasteiger partial charge in [0.1, 0.15) is 0 Å². The summed E-state index contributed by atoms with van der Waals surface area (Å²) in [5, 5.41) is 0. The fourth-order valence-corrected chi connectivity index (χ4v) is 1.81. The highest BCUT2D eigenvalue weighted by molar-refractivity contribution is 4.92. The highest BCUT2D eigenvalue weighted by atomic mass is 14.0. The monoisotopic (exact) mass is 196 g/mol. The van der Waals surface area contributed by atoms with Gasteiger partial charge in [-0.1, -0.05) is 70.9 Å². The molecule has 14 heavy (non-hydrogen) atoms. The van der Waals surface area contributed by atoms with Crippen molar-refractivity contribution in [3.63, 3.8) is 0 Å². The van der Waals surface area contributed by atoms with E-state index >= 15 is 0 Å². The van der Waals surface area contributed by atoms with E-state index in [-0.39, 0.29) is 0 Å². The largest absolute Gasteiger partial charge is 0.0999 e. The third-order valence-electron chi connectivity index (χ3n) is 2.74. The van der Waals surface area contributed by atoms with Gasteiger partial charge in [0.25, 0.3) is 0 Å². The first-order chi connectivity index (χ1) is 6.81. The maximum absolute atomic E-state index is 4.09. The summed E-state index contributed by atoms with van der Waals surface area (Å²) in [6.45, 7) is 8.60. The molecule has 0 bridgehead atoms. The highest BCUT2D eigenvalue weighted by Crippen LogP contribution is 2.14. The number of rotatable bonds is 10. The molecule has 0 aliphatic carbocycles. The van der Waals surface area contributed by atoms with Gasteiger partial charge in [0.2, 0.25) is 0 Å². The summed E-state index contributed by atoms with van der Waals surface area (Å²) in [5.74, 6) is 0. The van der Waals surface area contributed by atoms with Crippen molar-refractivity contribution in [1.82, 2.24) is 0 Å². The third-order valence-corrected chi connectivity index (χ3v) is 2.74. The second-order valence-corrected chi connectivity index (χ2v) is 4.37. The molecule has 0 amide bonds. The molecule has 0 aromatic carbocycles. The van der Waals surface area contributed by atoms with E-state index in [1.807, 2.05) is 0 Å². The summed E-state index contributed by atoms with van der Waals surface area (Å²) in [5.41, 5.74) is 1.46. The van der Waals surface area contributed by atoms with Crippen LogP contribution in [0.5, 0.6) is 0 Å². The normalized spacial score (nSPS) is 10.4. The topological polar surface area (TPSA) is 0 Å². The molecule has 0 unspecified atom stereocenters. The predicted octanol–water partition coefficient (Wildman–Crippen LogP) is 5.48. The molecule has 0 aromatic heterocycles.